The maximum Gasteiger partial charge on any atom is 0.234 e. The average molecular weight is 269 g/mol. The zero-order valence-corrected chi connectivity index (χ0v) is 11.1. The van der Waals surface area contributed by atoms with Crippen LogP contribution in [0.1, 0.15) is 18.4 Å². The number of hydrogen-bond acceptors (Lipinski definition) is 3. The number of nitrogens with one attached hydrogen (secondary N) is 2. The standard InChI is InChI=1S/C13H17ClN2O2/c1-18-12-5-2-9(6-11(12)14)7-15-8-13(17)16-10-3-4-10/h2,5-6,10,15H,3-4,7-8H2,1H3,(H,16,17). The quantitative estimate of drug-likeness (QED) is 0.826. The van der Waals surface area contributed by atoms with Gasteiger partial charge in [0.15, 0.2) is 0 Å². The molecule has 2 N–H and O–H groups in total. The van der Waals surface area contributed by atoms with Crippen LogP contribution in [0.25, 0.3) is 0 Å². The van der Waals surface area contributed by atoms with E-state index in [1.54, 1.807) is 7.11 Å². The lowest BCUT2D eigenvalue weighted by atomic mass is 10.2. The van der Waals surface area contributed by atoms with E-state index in [0.717, 1.165) is 18.4 Å². The average Bonchev–Trinajstić information content (AvgIpc) is 3.13. The summed E-state index contributed by atoms with van der Waals surface area (Å²) in [6.45, 7) is 0.946. The molecule has 0 unspecified atom stereocenters. The molecule has 18 heavy (non-hydrogen) atoms. The van der Waals surface area contributed by atoms with Crippen molar-refractivity contribution < 1.29 is 9.53 Å². The van der Waals surface area contributed by atoms with Crippen LogP contribution in [-0.2, 0) is 11.3 Å². The van der Waals surface area contributed by atoms with Gasteiger partial charge in [-0.25, -0.2) is 0 Å². The van der Waals surface area contributed by atoms with E-state index in [1.165, 1.54) is 0 Å². The van der Waals surface area contributed by atoms with E-state index >= 15 is 0 Å². The van der Waals surface area contributed by atoms with Crippen LogP contribution in [-0.4, -0.2) is 25.6 Å². The first-order valence-electron chi connectivity index (χ1n) is 6.01. The Hall–Kier alpha value is -1.26. The summed E-state index contributed by atoms with van der Waals surface area (Å²) in [4.78, 5) is 11.4. The lowest BCUT2D eigenvalue weighted by Gasteiger charge is -2.08. The third-order valence-corrected chi connectivity index (χ3v) is 3.07. The van der Waals surface area contributed by atoms with Crippen molar-refractivity contribution in [2.45, 2.75) is 25.4 Å². The second-order valence-corrected chi connectivity index (χ2v) is 4.82. The second kappa shape index (κ2) is 6.07. The fourth-order valence-corrected chi connectivity index (χ4v) is 1.93. The molecular formula is C13H17ClN2O2. The van der Waals surface area contributed by atoms with Gasteiger partial charge in [0, 0.05) is 12.6 Å². The Morgan fingerprint density at radius 2 is 2.28 bits per heavy atom. The maximum absolute atomic E-state index is 11.4. The first kappa shape index (κ1) is 13.2. The number of amides is 1. The summed E-state index contributed by atoms with van der Waals surface area (Å²) < 4.78 is 5.08. The summed E-state index contributed by atoms with van der Waals surface area (Å²) in [7, 11) is 1.58. The van der Waals surface area contributed by atoms with Crippen LogP contribution in [0.5, 0.6) is 5.75 Å². The first-order chi connectivity index (χ1) is 8.69. The molecule has 98 valence electrons. The molecule has 0 spiro atoms. The van der Waals surface area contributed by atoms with Gasteiger partial charge >= 0.3 is 0 Å². The Kier molecular flexibility index (Phi) is 4.44. The van der Waals surface area contributed by atoms with Crippen LogP contribution >= 0.6 is 11.6 Å². The van der Waals surface area contributed by atoms with Crippen LogP contribution < -0.4 is 15.4 Å². The molecule has 1 aliphatic rings. The van der Waals surface area contributed by atoms with E-state index in [-0.39, 0.29) is 5.91 Å². The molecule has 0 aliphatic heterocycles. The molecule has 0 aromatic heterocycles. The van der Waals surface area contributed by atoms with Crippen LogP contribution in [0.3, 0.4) is 0 Å². The van der Waals surface area contributed by atoms with Crippen molar-refractivity contribution in [2.75, 3.05) is 13.7 Å². The number of methoxy groups -OCH3 is 1. The summed E-state index contributed by atoms with van der Waals surface area (Å²) in [5, 5.41) is 6.59. The van der Waals surface area contributed by atoms with Crippen molar-refractivity contribution in [1.82, 2.24) is 10.6 Å². The van der Waals surface area contributed by atoms with Crippen LogP contribution in [0.2, 0.25) is 5.02 Å². The topological polar surface area (TPSA) is 50.4 Å². The van der Waals surface area contributed by atoms with Gasteiger partial charge in [0.1, 0.15) is 5.75 Å². The lowest BCUT2D eigenvalue weighted by molar-refractivity contribution is -0.120. The molecule has 4 nitrogen and oxygen atoms in total. The molecule has 1 aromatic rings. The highest BCUT2D eigenvalue weighted by Gasteiger charge is 2.22. The minimum absolute atomic E-state index is 0.0529. The van der Waals surface area contributed by atoms with Gasteiger partial charge in [-0.15, -0.1) is 0 Å². The van der Waals surface area contributed by atoms with Gasteiger partial charge < -0.3 is 15.4 Å². The van der Waals surface area contributed by atoms with E-state index in [0.29, 0.717) is 29.9 Å². The second-order valence-electron chi connectivity index (χ2n) is 4.41. The molecule has 1 aliphatic carbocycles. The van der Waals surface area contributed by atoms with Crippen molar-refractivity contribution in [2.24, 2.45) is 0 Å². The minimum Gasteiger partial charge on any atom is -0.495 e. The van der Waals surface area contributed by atoms with Crippen molar-refractivity contribution >= 4 is 17.5 Å². The van der Waals surface area contributed by atoms with E-state index in [9.17, 15) is 4.79 Å². The van der Waals surface area contributed by atoms with Crippen LogP contribution in [0, 0.1) is 0 Å². The first-order valence-corrected chi connectivity index (χ1v) is 6.39. The van der Waals surface area contributed by atoms with Gasteiger partial charge in [-0.3, -0.25) is 4.79 Å². The molecule has 0 radical (unpaired) electrons. The third-order valence-electron chi connectivity index (χ3n) is 2.77. The monoisotopic (exact) mass is 268 g/mol. The molecule has 0 heterocycles. The largest absolute Gasteiger partial charge is 0.495 e. The molecule has 1 aromatic carbocycles. The molecule has 0 saturated heterocycles. The van der Waals surface area contributed by atoms with Gasteiger partial charge in [0.2, 0.25) is 5.91 Å². The third kappa shape index (κ3) is 3.89. The zero-order chi connectivity index (χ0) is 13.0. The number of carbonyl (C=O) groups is 1. The summed E-state index contributed by atoms with van der Waals surface area (Å²) in [6, 6.07) is 6.00. The fourth-order valence-electron chi connectivity index (χ4n) is 1.65. The van der Waals surface area contributed by atoms with Crippen molar-refractivity contribution in [3.8, 4) is 5.75 Å². The summed E-state index contributed by atoms with van der Waals surface area (Å²) in [5.74, 6) is 0.712. The van der Waals surface area contributed by atoms with Crippen molar-refractivity contribution in [3.63, 3.8) is 0 Å². The molecule has 0 bridgehead atoms. The fraction of sp³-hybridized carbons (Fsp3) is 0.462. The summed E-state index contributed by atoms with van der Waals surface area (Å²) in [5.41, 5.74) is 1.03. The van der Waals surface area contributed by atoms with E-state index in [2.05, 4.69) is 10.6 Å². The lowest BCUT2D eigenvalue weighted by Crippen LogP contribution is -2.34. The predicted molar refractivity (Wildman–Crippen MR) is 70.9 cm³/mol. The van der Waals surface area contributed by atoms with Crippen molar-refractivity contribution in [3.05, 3.63) is 28.8 Å². The highest BCUT2D eigenvalue weighted by molar-refractivity contribution is 6.32. The molecule has 1 fully saturated rings. The number of halogens is 1. The minimum atomic E-state index is 0.0529. The van der Waals surface area contributed by atoms with E-state index < -0.39 is 0 Å². The molecule has 1 saturated carbocycles. The number of carbonyl (C=O) groups excluding carboxylic acids is 1. The number of ether oxygens (including phenoxy) is 1. The molecule has 5 heteroatoms. The van der Waals surface area contributed by atoms with Crippen molar-refractivity contribution in [1.29, 1.82) is 0 Å². The molecular weight excluding hydrogens is 252 g/mol. The van der Waals surface area contributed by atoms with Gasteiger partial charge in [-0.05, 0) is 30.5 Å². The Labute approximate surface area is 112 Å². The Balaban J connectivity index is 1.75. The molecule has 1 amide bonds. The van der Waals surface area contributed by atoms with Crippen LogP contribution in [0.15, 0.2) is 18.2 Å². The smallest absolute Gasteiger partial charge is 0.234 e. The van der Waals surface area contributed by atoms with E-state index in [4.69, 9.17) is 16.3 Å². The summed E-state index contributed by atoms with van der Waals surface area (Å²) in [6.07, 6.45) is 2.22. The summed E-state index contributed by atoms with van der Waals surface area (Å²) >= 11 is 6.02. The predicted octanol–water partition coefficient (Wildman–Crippen LogP) is 1.72. The van der Waals surface area contributed by atoms with Gasteiger partial charge in [0.05, 0.1) is 18.7 Å². The number of rotatable bonds is 6. The highest BCUT2D eigenvalue weighted by atomic mass is 35.5. The maximum atomic E-state index is 11.4. The van der Waals surface area contributed by atoms with Gasteiger partial charge in [-0.2, -0.15) is 0 Å². The van der Waals surface area contributed by atoms with Gasteiger partial charge in [-0.1, -0.05) is 17.7 Å². The normalized spacial score (nSPS) is 14.3. The molecule has 2 rings (SSSR count). The van der Waals surface area contributed by atoms with E-state index in [1.807, 2.05) is 18.2 Å². The highest BCUT2D eigenvalue weighted by Crippen LogP contribution is 2.24. The Morgan fingerprint density at radius 3 is 2.89 bits per heavy atom. The zero-order valence-electron chi connectivity index (χ0n) is 10.3. The SMILES string of the molecule is COc1ccc(CNCC(=O)NC2CC2)cc1Cl. The molecule has 0 atom stereocenters. The number of benzene rings is 1. The Bertz CT molecular complexity index is 433. The van der Waals surface area contributed by atoms with Gasteiger partial charge in [0.25, 0.3) is 0 Å². The number of hydrogen-bond donors (Lipinski definition) is 2. The van der Waals surface area contributed by atoms with Crippen LogP contribution in [0.4, 0.5) is 0 Å². The Morgan fingerprint density at radius 1 is 1.50 bits per heavy atom.